The van der Waals surface area contributed by atoms with Crippen LogP contribution in [0.4, 0.5) is 0 Å². The van der Waals surface area contributed by atoms with Gasteiger partial charge in [0.1, 0.15) is 0 Å². The Bertz CT molecular complexity index is 517. The summed E-state index contributed by atoms with van der Waals surface area (Å²) in [5, 5.41) is 2.12. The van der Waals surface area contributed by atoms with Crippen LogP contribution in [-0.2, 0) is 12.0 Å². The summed E-state index contributed by atoms with van der Waals surface area (Å²) in [6.07, 6.45) is 2.08. The number of H-pyrrole nitrogens is 1. The Labute approximate surface area is 105 Å². The molecule has 2 aromatic rings. The largest absolute Gasteiger partial charge is 0.335 e. The van der Waals surface area contributed by atoms with Gasteiger partial charge in [-0.15, -0.1) is 11.3 Å². The highest BCUT2D eigenvalue weighted by atomic mass is 32.1. The van der Waals surface area contributed by atoms with E-state index in [1.54, 1.807) is 11.3 Å². The van der Waals surface area contributed by atoms with Crippen LogP contribution in [0.1, 0.15) is 24.4 Å². The number of hydrogen-bond donors (Lipinski definition) is 1. The maximum absolute atomic E-state index is 5.28. The van der Waals surface area contributed by atoms with Gasteiger partial charge in [0, 0.05) is 28.7 Å². The molecule has 0 aliphatic heterocycles. The lowest BCUT2D eigenvalue weighted by Crippen LogP contribution is -2.23. The average molecular weight is 252 g/mol. The number of nitrogens with zero attached hydrogens (tertiary/aromatic N) is 1. The van der Waals surface area contributed by atoms with Crippen molar-refractivity contribution in [3.8, 4) is 0 Å². The molecule has 0 bridgehead atoms. The zero-order valence-electron chi connectivity index (χ0n) is 9.78. The third kappa shape index (κ3) is 2.28. The number of hydrogen-bond acceptors (Lipinski definition) is 2. The second-order valence-corrected chi connectivity index (χ2v) is 6.07. The van der Waals surface area contributed by atoms with Gasteiger partial charge >= 0.3 is 0 Å². The molecule has 2 nitrogen and oxygen atoms in total. The van der Waals surface area contributed by atoms with Crippen LogP contribution in [0, 0.1) is 11.7 Å². The van der Waals surface area contributed by atoms with E-state index in [9.17, 15) is 0 Å². The molecule has 0 aliphatic carbocycles. The Balaban J connectivity index is 2.28. The molecule has 2 aromatic heterocycles. The molecule has 0 fully saturated rings. The van der Waals surface area contributed by atoms with Crippen molar-refractivity contribution in [2.75, 3.05) is 0 Å². The molecule has 16 heavy (non-hydrogen) atoms. The summed E-state index contributed by atoms with van der Waals surface area (Å²) in [6.45, 7) is 7.45. The summed E-state index contributed by atoms with van der Waals surface area (Å²) in [5.74, 6) is 0. The lowest BCUT2D eigenvalue weighted by Gasteiger charge is -2.23. The fourth-order valence-electron chi connectivity index (χ4n) is 1.85. The van der Waals surface area contributed by atoms with E-state index in [-0.39, 0.29) is 5.41 Å². The number of rotatable bonds is 3. The van der Waals surface area contributed by atoms with E-state index in [4.69, 9.17) is 12.2 Å². The summed E-state index contributed by atoms with van der Waals surface area (Å²) in [7, 11) is 0. The van der Waals surface area contributed by atoms with Gasteiger partial charge in [0.05, 0.1) is 0 Å². The first kappa shape index (κ1) is 11.6. The molecule has 0 unspecified atom stereocenters. The highest BCUT2D eigenvalue weighted by Gasteiger charge is 2.22. The van der Waals surface area contributed by atoms with Gasteiger partial charge in [0.15, 0.2) is 4.77 Å². The minimum absolute atomic E-state index is 0.126. The van der Waals surface area contributed by atoms with Crippen molar-refractivity contribution >= 4 is 23.6 Å². The van der Waals surface area contributed by atoms with Gasteiger partial charge in [-0.1, -0.05) is 19.9 Å². The Morgan fingerprint density at radius 2 is 2.25 bits per heavy atom. The van der Waals surface area contributed by atoms with Crippen molar-refractivity contribution in [2.24, 2.45) is 0 Å². The number of aryl methyl sites for hydroxylation is 1. The summed E-state index contributed by atoms with van der Waals surface area (Å²) < 4.78 is 2.92. The van der Waals surface area contributed by atoms with E-state index in [1.807, 2.05) is 6.92 Å². The summed E-state index contributed by atoms with van der Waals surface area (Å²) in [5.41, 5.74) is 1.24. The van der Waals surface area contributed by atoms with Gasteiger partial charge in [0.25, 0.3) is 0 Å². The highest BCUT2D eigenvalue weighted by molar-refractivity contribution is 7.71. The Hall–Kier alpha value is -0.870. The van der Waals surface area contributed by atoms with Gasteiger partial charge in [-0.25, -0.2) is 0 Å². The smallest absolute Gasteiger partial charge is 0.177 e. The minimum Gasteiger partial charge on any atom is -0.335 e. The molecule has 0 aliphatic rings. The zero-order chi connectivity index (χ0) is 11.8. The van der Waals surface area contributed by atoms with E-state index < -0.39 is 0 Å². The number of aromatic amines is 1. The van der Waals surface area contributed by atoms with E-state index in [1.165, 1.54) is 4.88 Å². The quantitative estimate of drug-likeness (QED) is 0.822. The third-order valence-electron chi connectivity index (χ3n) is 2.67. The van der Waals surface area contributed by atoms with Gasteiger partial charge in [-0.2, -0.15) is 0 Å². The molecule has 2 heterocycles. The summed E-state index contributed by atoms with van der Waals surface area (Å²) in [4.78, 5) is 4.55. The van der Waals surface area contributed by atoms with Crippen molar-refractivity contribution < 1.29 is 0 Å². The predicted octanol–water partition coefficient (Wildman–Crippen LogP) is 3.89. The van der Waals surface area contributed by atoms with Crippen LogP contribution in [-0.4, -0.2) is 9.55 Å². The van der Waals surface area contributed by atoms with Gasteiger partial charge < -0.3 is 9.55 Å². The van der Waals surface area contributed by atoms with Crippen molar-refractivity contribution in [1.29, 1.82) is 0 Å². The van der Waals surface area contributed by atoms with Crippen LogP contribution in [0.3, 0.4) is 0 Å². The first-order valence-corrected chi connectivity index (χ1v) is 6.58. The Morgan fingerprint density at radius 1 is 1.50 bits per heavy atom. The summed E-state index contributed by atoms with van der Waals surface area (Å²) >= 11 is 7.09. The van der Waals surface area contributed by atoms with Crippen LogP contribution in [0.2, 0.25) is 0 Å². The molecule has 4 heteroatoms. The Morgan fingerprint density at radius 3 is 2.75 bits per heavy atom. The lowest BCUT2D eigenvalue weighted by molar-refractivity contribution is 0.439. The second-order valence-electron chi connectivity index (χ2n) is 4.73. The van der Waals surface area contributed by atoms with E-state index >= 15 is 0 Å². The molecule has 2 rings (SSSR count). The number of thiophene rings is 1. The van der Waals surface area contributed by atoms with E-state index in [0.29, 0.717) is 0 Å². The average Bonchev–Trinajstić information content (AvgIpc) is 2.76. The van der Waals surface area contributed by atoms with Gasteiger partial charge in [-0.3, -0.25) is 0 Å². The maximum Gasteiger partial charge on any atom is 0.177 e. The molecule has 0 radical (unpaired) electrons. The fraction of sp³-hybridized carbons (Fsp3) is 0.417. The minimum atomic E-state index is 0.126. The van der Waals surface area contributed by atoms with Crippen LogP contribution in [0.5, 0.6) is 0 Å². The van der Waals surface area contributed by atoms with Gasteiger partial charge in [0.2, 0.25) is 0 Å². The molecule has 0 aromatic carbocycles. The number of aromatic nitrogens is 2. The molecule has 0 amide bonds. The molecular weight excluding hydrogens is 236 g/mol. The molecule has 1 N–H and O–H groups in total. The number of nitrogens with one attached hydrogen (secondary N) is 1. The molecule has 0 spiro atoms. The van der Waals surface area contributed by atoms with Crippen molar-refractivity contribution in [3.63, 3.8) is 0 Å². The monoisotopic (exact) mass is 252 g/mol. The van der Waals surface area contributed by atoms with Crippen molar-refractivity contribution in [3.05, 3.63) is 39.1 Å². The standard InChI is InChI=1S/C12H16N2S2/c1-9-7-14(11(15)13-9)8-12(2,3)10-5-4-6-16-10/h4-7H,8H2,1-3H3,(H,13,15). The predicted molar refractivity (Wildman–Crippen MR) is 71.7 cm³/mol. The van der Waals surface area contributed by atoms with Gasteiger partial charge in [-0.05, 0) is 30.6 Å². The molecular formula is C12H16N2S2. The van der Waals surface area contributed by atoms with Crippen LogP contribution >= 0.6 is 23.6 Å². The molecule has 0 atom stereocenters. The van der Waals surface area contributed by atoms with E-state index in [0.717, 1.165) is 17.0 Å². The van der Waals surface area contributed by atoms with Crippen LogP contribution in [0.15, 0.2) is 23.7 Å². The van der Waals surface area contributed by atoms with Crippen molar-refractivity contribution in [2.45, 2.75) is 32.7 Å². The molecule has 0 saturated heterocycles. The van der Waals surface area contributed by atoms with Crippen molar-refractivity contribution in [1.82, 2.24) is 9.55 Å². The van der Waals surface area contributed by atoms with E-state index in [2.05, 4.69) is 47.1 Å². The maximum atomic E-state index is 5.28. The first-order chi connectivity index (χ1) is 7.49. The third-order valence-corrected chi connectivity index (χ3v) is 4.24. The normalized spacial score (nSPS) is 11.9. The molecule has 86 valence electrons. The second kappa shape index (κ2) is 4.18. The topological polar surface area (TPSA) is 20.7 Å². The lowest BCUT2D eigenvalue weighted by atomic mass is 9.91. The zero-order valence-corrected chi connectivity index (χ0v) is 11.4. The van der Waals surface area contributed by atoms with Crippen LogP contribution in [0.25, 0.3) is 0 Å². The SMILES string of the molecule is Cc1cn(CC(C)(C)c2cccs2)c(=S)[nH]1. The molecule has 0 saturated carbocycles. The first-order valence-electron chi connectivity index (χ1n) is 5.29. The fourth-order valence-corrected chi connectivity index (χ4v) is 2.97. The summed E-state index contributed by atoms with van der Waals surface area (Å²) in [6, 6.07) is 4.29. The number of imidazole rings is 1. The van der Waals surface area contributed by atoms with Crippen LogP contribution < -0.4 is 0 Å². The highest BCUT2D eigenvalue weighted by Crippen LogP contribution is 2.29. The Kier molecular flexibility index (Phi) is 3.04.